The molecule has 0 bridgehead atoms. The first-order valence-electron chi connectivity index (χ1n) is 10.9. The maximum atomic E-state index is 12.9. The lowest BCUT2D eigenvalue weighted by atomic mass is 9.95. The van der Waals surface area contributed by atoms with Crippen LogP contribution in [-0.4, -0.2) is 58.7 Å². The van der Waals surface area contributed by atoms with Crippen molar-refractivity contribution < 1.29 is 24.3 Å². The molecule has 6 unspecified atom stereocenters. The van der Waals surface area contributed by atoms with Crippen molar-refractivity contribution in [2.45, 2.75) is 85.0 Å². The lowest BCUT2D eigenvalue weighted by Gasteiger charge is -2.29. The number of carbonyl (C=O) groups is 4. The van der Waals surface area contributed by atoms with E-state index < -0.39 is 47.9 Å². The second kappa shape index (κ2) is 14.3. The molecule has 0 rings (SSSR count). The smallest absolute Gasteiger partial charge is 0.326 e. The Labute approximate surface area is 191 Å². The Balaban J connectivity index is 5.35. The van der Waals surface area contributed by atoms with E-state index in [0.717, 1.165) is 0 Å². The van der Waals surface area contributed by atoms with Crippen LogP contribution in [0.3, 0.4) is 0 Å². The second-order valence-corrected chi connectivity index (χ2v) is 8.93. The van der Waals surface area contributed by atoms with E-state index in [1.165, 1.54) is 0 Å². The number of nitrogens with two attached hydrogens (primary N) is 1. The molecule has 0 saturated heterocycles. The standard InChI is InChI=1S/C21H40N4O5S/c1-7-12(5)16(20(28)25-17(21(29)30)13(6)8-2)24-19(27)15(10-31)23-18(26)14(22)9-11(3)4/h11-17,31H,7-10,22H2,1-6H3,(H,23,26)(H,24,27)(H,25,28)(H,29,30). The highest BCUT2D eigenvalue weighted by Crippen LogP contribution is 2.12. The summed E-state index contributed by atoms with van der Waals surface area (Å²) in [4.78, 5) is 49.5. The van der Waals surface area contributed by atoms with E-state index in [9.17, 15) is 24.3 Å². The summed E-state index contributed by atoms with van der Waals surface area (Å²) in [7, 11) is 0. The summed E-state index contributed by atoms with van der Waals surface area (Å²) in [6.45, 7) is 11.1. The third-order valence-corrected chi connectivity index (χ3v) is 5.81. The van der Waals surface area contributed by atoms with Gasteiger partial charge in [-0.3, -0.25) is 14.4 Å². The SMILES string of the molecule is CCC(C)C(NC(=O)C(NC(=O)C(CS)NC(=O)C(N)CC(C)C)C(C)CC)C(=O)O. The molecular formula is C21H40N4O5S. The van der Waals surface area contributed by atoms with Crippen molar-refractivity contribution in [2.75, 3.05) is 5.75 Å². The number of hydrogen-bond donors (Lipinski definition) is 6. The summed E-state index contributed by atoms with van der Waals surface area (Å²) >= 11 is 4.14. The minimum atomic E-state index is -1.13. The van der Waals surface area contributed by atoms with Gasteiger partial charge in [0, 0.05) is 5.75 Å². The average molecular weight is 461 g/mol. The van der Waals surface area contributed by atoms with Gasteiger partial charge < -0.3 is 26.8 Å². The minimum absolute atomic E-state index is 0.0193. The first kappa shape index (κ1) is 29.2. The second-order valence-electron chi connectivity index (χ2n) is 8.56. The Hall–Kier alpha value is -1.81. The zero-order chi connectivity index (χ0) is 24.3. The molecule has 10 heteroatoms. The van der Waals surface area contributed by atoms with Gasteiger partial charge in [0.2, 0.25) is 17.7 Å². The van der Waals surface area contributed by atoms with Crippen molar-refractivity contribution in [1.82, 2.24) is 16.0 Å². The maximum absolute atomic E-state index is 12.9. The fourth-order valence-electron chi connectivity index (χ4n) is 2.97. The quantitative estimate of drug-likeness (QED) is 0.212. The molecule has 0 aliphatic heterocycles. The summed E-state index contributed by atoms with van der Waals surface area (Å²) in [6.07, 6.45) is 1.62. The van der Waals surface area contributed by atoms with E-state index in [1.54, 1.807) is 13.8 Å². The van der Waals surface area contributed by atoms with Gasteiger partial charge in [0.25, 0.3) is 0 Å². The molecule has 6 atom stereocenters. The van der Waals surface area contributed by atoms with E-state index in [-0.39, 0.29) is 23.5 Å². The van der Waals surface area contributed by atoms with Crippen molar-refractivity contribution in [3.8, 4) is 0 Å². The highest BCUT2D eigenvalue weighted by atomic mass is 32.1. The number of nitrogens with one attached hydrogen (secondary N) is 3. The Morgan fingerprint density at radius 1 is 0.839 bits per heavy atom. The van der Waals surface area contributed by atoms with Crippen LogP contribution in [0.2, 0.25) is 0 Å². The molecule has 31 heavy (non-hydrogen) atoms. The topological polar surface area (TPSA) is 151 Å². The number of carboxylic acids is 1. The molecule has 0 aliphatic rings. The fraction of sp³-hybridized carbons (Fsp3) is 0.810. The summed E-state index contributed by atoms with van der Waals surface area (Å²) < 4.78 is 0. The lowest BCUT2D eigenvalue weighted by molar-refractivity contribution is -0.144. The number of hydrogen-bond acceptors (Lipinski definition) is 6. The zero-order valence-corrected chi connectivity index (χ0v) is 20.4. The summed E-state index contributed by atoms with van der Waals surface area (Å²) in [5.41, 5.74) is 5.88. The van der Waals surface area contributed by atoms with Crippen molar-refractivity contribution in [1.29, 1.82) is 0 Å². The first-order chi connectivity index (χ1) is 14.4. The van der Waals surface area contributed by atoms with Gasteiger partial charge >= 0.3 is 5.97 Å². The summed E-state index contributed by atoms with van der Waals surface area (Å²) in [6, 6.07) is -3.74. The number of aliphatic carboxylic acids is 1. The molecular weight excluding hydrogens is 420 g/mol. The van der Waals surface area contributed by atoms with Gasteiger partial charge in [0.1, 0.15) is 18.1 Å². The van der Waals surface area contributed by atoms with Crippen molar-refractivity contribution >= 4 is 36.3 Å². The predicted molar refractivity (Wildman–Crippen MR) is 124 cm³/mol. The van der Waals surface area contributed by atoms with Gasteiger partial charge in [-0.05, 0) is 24.2 Å². The third kappa shape index (κ3) is 9.90. The van der Waals surface area contributed by atoms with Crippen LogP contribution in [0.1, 0.15) is 60.8 Å². The zero-order valence-electron chi connectivity index (χ0n) is 19.5. The maximum Gasteiger partial charge on any atom is 0.326 e. The molecule has 0 heterocycles. The normalized spacial score (nSPS) is 17.1. The largest absolute Gasteiger partial charge is 0.480 e. The number of amides is 3. The summed E-state index contributed by atoms with van der Waals surface area (Å²) in [5.74, 6) is -3.03. The number of carbonyl (C=O) groups excluding carboxylic acids is 3. The van der Waals surface area contributed by atoms with E-state index in [1.807, 2.05) is 27.7 Å². The number of rotatable bonds is 14. The highest BCUT2D eigenvalue weighted by Gasteiger charge is 2.33. The molecule has 0 aromatic rings. The molecule has 0 aromatic heterocycles. The van der Waals surface area contributed by atoms with Gasteiger partial charge in [-0.15, -0.1) is 0 Å². The molecule has 0 radical (unpaired) electrons. The third-order valence-electron chi connectivity index (χ3n) is 5.45. The molecule has 0 aliphatic carbocycles. The first-order valence-corrected chi connectivity index (χ1v) is 11.5. The van der Waals surface area contributed by atoms with Crippen LogP contribution in [0.15, 0.2) is 0 Å². The fourth-order valence-corrected chi connectivity index (χ4v) is 3.23. The van der Waals surface area contributed by atoms with Crippen LogP contribution >= 0.6 is 12.6 Å². The average Bonchev–Trinajstić information content (AvgIpc) is 2.71. The van der Waals surface area contributed by atoms with Crippen LogP contribution < -0.4 is 21.7 Å². The molecule has 180 valence electrons. The molecule has 0 spiro atoms. The van der Waals surface area contributed by atoms with E-state index >= 15 is 0 Å². The predicted octanol–water partition coefficient (Wildman–Crippen LogP) is 0.921. The van der Waals surface area contributed by atoms with Gasteiger partial charge in [-0.25, -0.2) is 4.79 Å². The van der Waals surface area contributed by atoms with Crippen molar-refractivity contribution in [3.63, 3.8) is 0 Å². The Morgan fingerprint density at radius 3 is 1.74 bits per heavy atom. The van der Waals surface area contributed by atoms with E-state index in [2.05, 4.69) is 28.6 Å². The molecule has 3 amide bonds. The van der Waals surface area contributed by atoms with Crippen LogP contribution in [0, 0.1) is 17.8 Å². The van der Waals surface area contributed by atoms with Crippen LogP contribution in [0.4, 0.5) is 0 Å². The Kier molecular flexibility index (Phi) is 13.5. The highest BCUT2D eigenvalue weighted by molar-refractivity contribution is 7.80. The van der Waals surface area contributed by atoms with E-state index in [4.69, 9.17) is 5.73 Å². The Morgan fingerprint density at radius 2 is 1.32 bits per heavy atom. The molecule has 6 N–H and O–H groups in total. The number of thiol groups is 1. The van der Waals surface area contributed by atoms with Crippen LogP contribution in [0.25, 0.3) is 0 Å². The van der Waals surface area contributed by atoms with E-state index in [0.29, 0.717) is 19.3 Å². The lowest BCUT2D eigenvalue weighted by Crippen LogP contribution is -2.59. The molecule has 0 fully saturated rings. The van der Waals surface area contributed by atoms with Crippen molar-refractivity contribution in [3.05, 3.63) is 0 Å². The monoisotopic (exact) mass is 460 g/mol. The van der Waals surface area contributed by atoms with Gasteiger partial charge in [-0.2, -0.15) is 12.6 Å². The van der Waals surface area contributed by atoms with Crippen LogP contribution in [-0.2, 0) is 19.2 Å². The molecule has 0 saturated carbocycles. The minimum Gasteiger partial charge on any atom is -0.480 e. The van der Waals surface area contributed by atoms with Gasteiger partial charge in [-0.1, -0.05) is 54.4 Å². The van der Waals surface area contributed by atoms with Gasteiger partial charge in [0.05, 0.1) is 6.04 Å². The van der Waals surface area contributed by atoms with Crippen LogP contribution in [0.5, 0.6) is 0 Å². The number of carboxylic acid groups (broad SMARTS) is 1. The Bertz CT molecular complexity index is 617. The summed E-state index contributed by atoms with van der Waals surface area (Å²) in [5, 5.41) is 17.2. The van der Waals surface area contributed by atoms with Crippen molar-refractivity contribution in [2.24, 2.45) is 23.5 Å². The molecule has 0 aromatic carbocycles. The van der Waals surface area contributed by atoms with Gasteiger partial charge in [0.15, 0.2) is 0 Å². The molecule has 9 nitrogen and oxygen atoms in total.